The molecule has 7 nitrogen and oxygen atoms in total. The summed E-state index contributed by atoms with van der Waals surface area (Å²) in [5.41, 5.74) is 2.84. The van der Waals surface area contributed by atoms with Gasteiger partial charge in [0.05, 0.1) is 17.2 Å². The molecule has 8 heteroatoms. The third-order valence-corrected chi connectivity index (χ3v) is 7.27. The first kappa shape index (κ1) is 21.7. The Hall–Kier alpha value is -3.10. The zero-order chi connectivity index (χ0) is 22.6. The Labute approximate surface area is 197 Å². The van der Waals surface area contributed by atoms with Crippen LogP contribution in [0.5, 0.6) is 0 Å². The SMILES string of the molecule is O=C(c1ccsc1)N1CCC(c2ccc(N(C(=O)[C@H]3CCNC3)c3cccnn3)cc2)CC1. The van der Waals surface area contributed by atoms with Gasteiger partial charge in [-0.05, 0) is 73.0 Å². The van der Waals surface area contributed by atoms with E-state index < -0.39 is 0 Å². The number of anilines is 2. The summed E-state index contributed by atoms with van der Waals surface area (Å²) >= 11 is 1.55. The van der Waals surface area contributed by atoms with Crippen molar-refractivity contribution in [2.75, 3.05) is 31.1 Å². The van der Waals surface area contributed by atoms with E-state index in [0.717, 1.165) is 50.1 Å². The number of aromatic nitrogens is 2. The number of amides is 2. The van der Waals surface area contributed by atoms with Gasteiger partial charge in [-0.2, -0.15) is 16.4 Å². The number of piperidine rings is 1. The largest absolute Gasteiger partial charge is 0.339 e. The molecule has 0 unspecified atom stereocenters. The number of nitrogens with zero attached hydrogens (tertiary/aromatic N) is 4. The minimum Gasteiger partial charge on any atom is -0.339 e. The lowest BCUT2D eigenvalue weighted by Crippen LogP contribution is -2.37. The molecule has 33 heavy (non-hydrogen) atoms. The fourth-order valence-corrected chi connectivity index (χ4v) is 5.34. The first-order valence-corrected chi connectivity index (χ1v) is 12.4. The second kappa shape index (κ2) is 9.80. The molecule has 1 aromatic carbocycles. The average molecular weight is 462 g/mol. The summed E-state index contributed by atoms with van der Waals surface area (Å²) in [6.45, 7) is 3.08. The van der Waals surface area contributed by atoms with Crippen molar-refractivity contribution in [2.45, 2.75) is 25.2 Å². The van der Waals surface area contributed by atoms with E-state index in [1.54, 1.807) is 28.5 Å². The van der Waals surface area contributed by atoms with Crippen molar-refractivity contribution in [2.24, 2.45) is 5.92 Å². The van der Waals surface area contributed by atoms with Gasteiger partial charge in [-0.3, -0.25) is 14.5 Å². The molecule has 3 aromatic rings. The molecule has 170 valence electrons. The third kappa shape index (κ3) is 4.67. The third-order valence-electron chi connectivity index (χ3n) is 6.59. The lowest BCUT2D eigenvalue weighted by atomic mass is 9.89. The summed E-state index contributed by atoms with van der Waals surface area (Å²) < 4.78 is 0. The number of rotatable bonds is 5. The fourth-order valence-electron chi connectivity index (χ4n) is 4.71. The van der Waals surface area contributed by atoms with E-state index in [-0.39, 0.29) is 17.7 Å². The molecule has 1 N–H and O–H groups in total. The van der Waals surface area contributed by atoms with E-state index >= 15 is 0 Å². The van der Waals surface area contributed by atoms with E-state index in [1.807, 2.05) is 39.9 Å². The Morgan fingerprint density at radius 3 is 2.52 bits per heavy atom. The maximum Gasteiger partial charge on any atom is 0.254 e. The molecule has 2 fully saturated rings. The van der Waals surface area contributed by atoms with Gasteiger partial charge in [-0.15, -0.1) is 5.10 Å². The van der Waals surface area contributed by atoms with Crippen LogP contribution in [0.2, 0.25) is 0 Å². The second-order valence-corrected chi connectivity index (χ2v) is 9.40. The normalized spacial score (nSPS) is 18.9. The van der Waals surface area contributed by atoms with Crippen LogP contribution < -0.4 is 10.2 Å². The van der Waals surface area contributed by atoms with Crippen LogP contribution in [0.25, 0.3) is 0 Å². The van der Waals surface area contributed by atoms with Gasteiger partial charge in [0.25, 0.3) is 5.91 Å². The van der Waals surface area contributed by atoms with Gasteiger partial charge in [0.2, 0.25) is 5.91 Å². The van der Waals surface area contributed by atoms with Crippen molar-refractivity contribution in [3.63, 3.8) is 0 Å². The van der Waals surface area contributed by atoms with Crippen molar-refractivity contribution in [1.29, 1.82) is 0 Å². The number of benzene rings is 1. The average Bonchev–Trinajstić information content (AvgIpc) is 3.60. The van der Waals surface area contributed by atoms with Gasteiger partial charge in [-0.25, -0.2) is 0 Å². The topological polar surface area (TPSA) is 78.4 Å². The van der Waals surface area contributed by atoms with Crippen molar-refractivity contribution in [3.8, 4) is 0 Å². The van der Waals surface area contributed by atoms with Crippen LogP contribution in [0.3, 0.4) is 0 Å². The molecule has 0 aliphatic carbocycles. The Balaban J connectivity index is 1.29. The quantitative estimate of drug-likeness (QED) is 0.625. The molecular formula is C25H27N5O2S. The van der Waals surface area contributed by atoms with Gasteiger partial charge < -0.3 is 10.2 Å². The van der Waals surface area contributed by atoms with E-state index in [1.165, 1.54) is 5.56 Å². The van der Waals surface area contributed by atoms with Crippen molar-refractivity contribution < 1.29 is 9.59 Å². The lowest BCUT2D eigenvalue weighted by Gasteiger charge is -2.32. The van der Waals surface area contributed by atoms with E-state index in [4.69, 9.17) is 0 Å². The molecule has 2 aromatic heterocycles. The monoisotopic (exact) mass is 461 g/mol. The maximum atomic E-state index is 13.3. The molecular weight excluding hydrogens is 434 g/mol. The summed E-state index contributed by atoms with van der Waals surface area (Å²) in [5.74, 6) is 1.07. The number of carbonyl (C=O) groups excluding carboxylic acids is 2. The Kier molecular flexibility index (Phi) is 6.46. The van der Waals surface area contributed by atoms with Crippen molar-refractivity contribution >= 4 is 34.7 Å². The number of nitrogens with one attached hydrogen (secondary N) is 1. The highest BCUT2D eigenvalue weighted by molar-refractivity contribution is 7.08. The number of thiophene rings is 1. The zero-order valence-corrected chi connectivity index (χ0v) is 19.2. The summed E-state index contributed by atoms with van der Waals surface area (Å²) in [6.07, 6.45) is 4.32. The van der Waals surface area contributed by atoms with Crippen LogP contribution in [-0.4, -0.2) is 53.1 Å². The Morgan fingerprint density at radius 2 is 1.88 bits per heavy atom. The van der Waals surface area contributed by atoms with Crippen molar-refractivity contribution in [1.82, 2.24) is 20.4 Å². The van der Waals surface area contributed by atoms with Crippen molar-refractivity contribution in [3.05, 3.63) is 70.5 Å². The molecule has 0 spiro atoms. The predicted molar refractivity (Wildman–Crippen MR) is 129 cm³/mol. The van der Waals surface area contributed by atoms with E-state index in [0.29, 0.717) is 18.3 Å². The molecule has 2 aliphatic heterocycles. The summed E-state index contributed by atoms with van der Waals surface area (Å²) in [7, 11) is 0. The highest BCUT2D eigenvalue weighted by atomic mass is 32.1. The molecule has 1 atom stereocenters. The second-order valence-electron chi connectivity index (χ2n) is 8.62. The van der Waals surface area contributed by atoms with Crippen LogP contribution >= 0.6 is 11.3 Å². The van der Waals surface area contributed by atoms with Gasteiger partial charge in [-0.1, -0.05) is 12.1 Å². The number of likely N-dealkylation sites (tertiary alicyclic amines) is 1. The number of carbonyl (C=O) groups is 2. The minimum absolute atomic E-state index is 0.0495. The molecule has 5 rings (SSSR count). The van der Waals surface area contributed by atoms with Crippen LogP contribution in [0.4, 0.5) is 11.5 Å². The summed E-state index contributed by atoms with van der Waals surface area (Å²) in [5, 5.41) is 15.3. The Bertz CT molecular complexity index is 1070. The van der Waals surface area contributed by atoms with Crippen LogP contribution in [0, 0.1) is 5.92 Å². The van der Waals surface area contributed by atoms with Gasteiger partial charge in [0.1, 0.15) is 0 Å². The van der Waals surface area contributed by atoms with Crippen LogP contribution in [-0.2, 0) is 4.79 Å². The minimum atomic E-state index is -0.0585. The van der Waals surface area contributed by atoms with E-state index in [9.17, 15) is 9.59 Å². The van der Waals surface area contributed by atoms with Gasteiger partial charge >= 0.3 is 0 Å². The maximum absolute atomic E-state index is 13.3. The first-order valence-electron chi connectivity index (χ1n) is 11.4. The van der Waals surface area contributed by atoms with E-state index in [2.05, 4.69) is 27.6 Å². The molecule has 0 saturated carbocycles. The van der Waals surface area contributed by atoms with Gasteiger partial charge in [0, 0.05) is 31.2 Å². The molecule has 2 saturated heterocycles. The Morgan fingerprint density at radius 1 is 1.06 bits per heavy atom. The highest BCUT2D eigenvalue weighted by Crippen LogP contribution is 2.32. The molecule has 2 amide bonds. The zero-order valence-electron chi connectivity index (χ0n) is 18.4. The molecule has 0 bridgehead atoms. The fraction of sp³-hybridized carbons (Fsp3) is 0.360. The van der Waals surface area contributed by atoms with Crippen LogP contribution in [0.1, 0.15) is 41.1 Å². The van der Waals surface area contributed by atoms with Gasteiger partial charge in [0.15, 0.2) is 5.82 Å². The highest BCUT2D eigenvalue weighted by Gasteiger charge is 2.30. The molecule has 4 heterocycles. The summed E-state index contributed by atoms with van der Waals surface area (Å²) in [4.78, 5) is 29.6. The lowest BCUT2D eigenvalue weighted by molar-refractivity contribution is -0.121. The standard InChI is InChI=1S/C25H27N5O2S/c31-24(21-10-15-33-17-21)29-13-8-19(9-14-29)18-3-5-22(6-4-18)30(23-2-1-11-27-28-23)25(32)20-7-12-26-16-20/h1-6,10-11,15,17,19-20,26H,7-9,12-14,16H2/t20-/m0/s1. The predicted octanol–water partition coefficient (Wildman–Crippen LogP) is 3.83. The molecule has 0 radical (unpaired) electrons. The summed E-state index contributed by atoms with van der Waals surface area (Å²) in [6, 6.07) is 13.8. The first-order chi connectivity index (χ1) is 16.2. The smallest absolute Gasteiger partial charge is 0.254 e. The number of hydrogen-bond acceptors (Lipinski definition) is 6. The van der Waals surface area contributed by atoms with Crippen LogP contribution in [0.15, 0.2) is 59.4 Å². The molecule has 2 aliphatic rings. The number of hydrogen-bond donors (Lipinski definition) is 1.